The summed E-state index contributed by atoms with van der Waals surface area (Å²) in [5, 5.41) is 33.6. The summed E-state index contributed by atoms with van der Waals surface area (Å²) in [7, 11) is 0. The molecule has 6 heterocycles. The SMILES string of the molecule is C.CC1N=C(c2ccccc2F)c2cc(Cl)ccc2-n2nc(C(=O)O)nc21.O=C(O)c1ccc2n1-c1ccc(Cl)cc1C(c1ccccc1F)=NC2.O=C(O)c1ncc2n1-c1ccc(Cl)cc1C(c1ccccc1F)=NC2. The minimum Gasteiger partial charge on any atom is -0.477 e. The largest absolute Gasteiger partial charge is 0.477 e. The first-order chi connectivity index (χ1) is 36.6. The Balaban J connectivity index is 0.000000140. The molecule has 21 heteroatoms. The number of aliphatic imine (C=N–C) groups is 3. The first-order valence-electron chi connectivity index (χ1n) is 22.8. The fraction of sp³-hybridized carbons (Fsp3) is 0.0893. The van der Waals surface area contributed by atoms with Crippen LogP contribution in [0.3, 0.4) is 0 Å². The average molecular weight is 1100 g/mol. The number of hydrogen-bond acceptors (Lipinski definition) is 9. The van der Waals surface area contributed by atoms with E-state index in [1.54, 1.807) is 133 Å². The van der Waals surface area contributed by atoms with Crippen LogP contribution in [0, 0.1) is 17.5 Å². The van der Waals surface area contributed by atoms with E-state index in [4.69, 9.17) is 34.8 Å². The molecule has 9 aromatic rings. The Hall–Kier alpha value is -8.97. The van der Waals surface area contributed by atoms with Gasteiger partial charge in [0.15, 0.2) is 5.82 Å². The normalized spacial score (nSPS) is 13.6. The third kappa shape index (κ3) is 10.2. The van der Waals surface area contributed by atoms with Crippen molar-refractivity contribution < 1.29 is 42.9 Å². The molecule has 0 spiro atoms. The maximum atomic E-state index is 14.4. The second-order valence-electron chi connectivity index (χ2n) is 17.0. The molecule has 15 nitrogen and oxygen atoms in total. The number of rotatable bonds is 6. The lowest BCUT2D eigenvalue weighted by Gasteiger charge is -2.14. The fourth-order valence-electron chi connectivity index (χ4n) is 8.95. The van der Waals surface area contributed by atoms with Gasteiger partial charge in [0.25, 0.3) is 5.82 Å². The van der Waals surface area contributed by atoms with Gasteiger partial charge in [-0.1, -0.05) is 78.6 Å². The van der Waals surface area contributed by atoms with E-state index in [0.29, 0.717) is 99.9 Å². The molecule has 3 aromatic heterocycles. The summed E-state index contributed by atoms with van der Waals surface area (Å²) >= 11 is 18.4. The zero-order valence-electron chi connectivity index (χ0n) is 39.2. The smallest absolute Gasteiger partial charge is 0.375 e. The molecule has 0 amide bonds. The minimum atomic E-state index is -1.23. The van der Waals surface area contributed by atoms with Gasteiger partial charge in [-0.2, -0.15) is 0 Å². The Bertz CT molecular complexity index is 3790. The summed E-state index contributed by atoms with van der Waals surface area (Å²) in [4.78, 5) is 56.1. The predicted octanol–water partition coefficient (Wildman–Crippen LogP) is 12.3. The molecule has 1 atom stereocenters. The Morgan fingerprint density at radius 2 is 1.01 bits per heavy atom. The molecule has 12 rings (SSSR count). The highest BCUT2D eigenvalue weighted by molar-refractivity contribution is 6.32. The molecule has 0 bridgehead atoms. The number of aromatic nitrogens is 6. The second kappa shape index (κ2) is 21.7. The van der Waals surface area contributed by atoms with E-state index in [1.807, 2.05) is 0 Å². The molecule has 3 aliphatic heterocycles. The van der Waals surface area contributed by atoms with Gasteiger partial charge in [-0.3, -0.25) is 19.5 Å². The predicted molar refractivity (Wildman–Crippen MR) is 285 cm³/mol. The molecule has 386 valence electrons. The molecule has 3 N–H and O–H groups in total. The van der Waals surface area contributed by atoms with Crippen LogP contribution in [0.2, 0.25) is 15.1 Å². The van der Waals surface area contributed by atoms with Gasteiger partial charge in [-0.05, 0) is 110 Å². The maximum absolute atomic E-state index is 14.4. The van der Waals surface area contributed by atoms with Crippen LogP contribution >= 0.6 is 34.8 Å². The maximum Gasteiger partial charge on any atom is 0.375 e. The molecule has 77 heavy (non-hydrogen) atoms. The van der Waals surface area contributed by atoms with Gasteiger partial charge >= 0.3 is 17.9 Å². The van der Waals surface area contributed by atoms with Crippen LogP contribution in [0.1, 0.15) is 103 Å². The number of carboxylic acids is 3. The lowest BCUT2D eigenvalue weighted by Crippen LogP contribution is -2.13. The molecule has 6 aromatic carbocycles. The average Bonchev–Trinajstić information content (AvgIpc) is 4.13. The molecular formula is C56H39Cl3F3N9O6. The Kier molecular flexibility index (Phi) is 14.9. The quantitative estimate of drug-likeness (QED) is 0.145. The highest BCUT2D eigenvalue weighted by atomic mass is 35.5. The van der Waals surface area contributed by atoms with Crippen LogP contribution in [0.25, 0.3) is 17.1 Å². The number of imidazole rings is 1. The molecule has 0 saturated carbocycles. The van der Waals surface area contributed by atoms with Crippen molar-refractivity contribution in [2.24, 2.45) is 15.0 Å². The van der Waals surface area contributed by atoms with Crippen molar-refractivity contribution in [3.63, 3.8) is 0 Å². The van der Waals surface area contributed by atoms with Crippen molar-refractivity contribution >= 4 is 69.8 Å². The fourth-order valence-corrected chi connectivity index (χ4v) is 9.47. The van der Waals surface area contributed by atoms with E-state index in [9.17, 15) is 42.9 Å². The zero-order valence-corrected chi connectivity index (χ0v) is 41.5. The van der Waals surface area contributed by atoms with Crippen molar-refractivity contribution in [1.82, 2.24) is 28.9 Å². The molecule has 0 radical (unpaired) electrons. The first-order valence-corrected chi connectivity index (χ1v) is 24.0. The standard InChI is InChI=1S/C19H12ClFN2O2.C18H12ClFN4O2.C18H11ClFN3O2.CH4/c20-11-5-7-16-14(9-11)18(13-3-1-2-4-15(13)21)22-10-12-6-8-17(19(24)25)23(12)16;1-9-17-22-16(18(25)26)23-24(17)14-7-6-10(19)8-12(14)15(21-9)11-4-2-3-5-13(11)20;19-10-5-6-15-13(7-10)16(12-3-1-2-4-14(12)20)21-8-11-9-22-17(18(24)25)23(11)15;/h1-9H,10H2,(H,24,25);2-9H,1H3,(H,25,26);1-7,9H,8H2,(H,24,25);1H4. The number of nitrogens with zero attached hydrogens (tertiary/aromatic N) is 9. The number of hydrogen-bond donors (Lipinski definition) is 3. The lowest BCUT2D eigenvalue weighted by atomic mass is 10.00. The van der Waals surface area contributed by atoms with E-state index in [0.717, 1.165) is 0 Å². The Morgan fingerprint density at radius 3 is 1.51 bits per heavy atom. The number of carboxylic acid groups (broad SMARTS) is 3. The summed E-state index contributed by atoms with van der Waals surface area (Å²) in [5.41, 5.74) is 7.15. The van der Waals surface area contributed by atoms with Gasteiger partial charge in [0, 0.05) is 54.1 Å². The van der Waals surface area contributed by atoms with E-state index >= 15 is 0 Å². The van der Waals surface area contributed by atoms with Crippen LogP contribution in [-0.4, -0.2) is 79.2 Å². The second-order valence-corrected chi connectivity index (χ2v) is 18.3. The highest BCUT2D eigenvalue weighted by Crippen LogP contribution is 2.34. The van der Waals surface area contributed by atoms with E-state index in [1.165, 1.54) is 33.6 Å². The van der Waals surface area contributed by atoms with E-state index in [-0.39, 0.29) is 37.9 Å². The summed E-state index contributed by atoms with van der Waals surface area (Å²) in [5.74, 6) is -4.72. The molecular weight excluding hydrogens is 1060 g/mol. The molecule has 3 aliphatic rings. The van der Waals surface area contributed by atoms with Crippen LogP contribution < -0.4 is 0 Å². The zero-order chi connectivity index (χ0) is 53.5. The van der Waals surface area contributed by atoms with Gasteiger partial charge in [0.05, 0.1) is 59.2 Å². The van der Waals surface area contributed by atoms with Crippen LogP contribution in [0.5, 0.6) is 0 Å². The summed E-state index contributed by atoms with van der Waals surface area (Å²) < 4.78 is 47.7. The van der Waals surface area contributed by atoms with Crippen molar-refractivity contribution in [3.8, 4) is 17.1 Å². The van der Waals surface area contributed by atoms with Gasteiger partial charge in [-0.15, -0.1) is 5.10 Å². The van der Waals surface area contributed by atoms with Gasteiger partial charge in [0.1, 0.15) is 29.2 Å². The molecule has 0 saturated heterocycles. The molecule has 1 unspecified atom stereocenters. The third-order valence-corrected chi connectivity index (χ3v) is 13.0. The number of fused-ring (bicyclic) bond motifs is 9. The molecule has 0 fully saturated rings. The lowest BCUT2D eigenvalue weighted by molar-refractivity contribution is 0.0671. The summed E-state index contributed by atoms with van der Waals surface area (Å²) in [6.45, 7) is 2.17. The first kappa shape index (κ1) is 52.9. The Morgan fingerprint density at radius 1 is 0.545 bits per heavy atom. The monoisotopic (exact) mass is 1100 g/mol. The summed E-state index contributed by atoms with van der Waals surface area (Å²) in [6.07, 6.45) is 1.47. The Labute approximate surface area is 451 Å². The van der Waals surface area contributed by atoms with Crippen molar-refractivity contribution in [2.45, 2.75) is 33.5 Å². The number of aromatic carboxylic acids is 3. The van der Waals surface area contributed by atoms with Crippen LogP contribution in [0.15, 0.2) is 161 Å². The summed E-state index contributed by atoms with van der Waals surface area (Å²) in [6, 6.07) is 36.8. The highest BCUT2D eigenvalue weighted by Gasteiger charge is 2.30. The van der Waals surface area contributed by atoms with Gasteiger partial charge < -0.3 is 19.9 Å². The number of halogens is 6. The van der Waals surface area contributed by atoms with Crippen molar-refractivity contribution in [3.05, 3.63) is 246 Å². The molecule has 0 aliphatic carbocycles. The third-order valence-electron chi connectivity index (χ3n) is 12.3. The number of benzene rings is 6. The van der Waals surface area contributed by atoms with Crippen molar-refractivity contribution in [1.29, 1.82) is 0 Å². The minimum absolute atomic E-state index is 0. The topological polar surface area (TPSA) is 202 Å². The van der Waals surface area contributed by atoms with E-state index in [2.05, 4.69) is 30.0 Å². The van der Waals surface area contributed by atoms with Crippen LogP contribution in [0.4, 0.5) is 13.2 Å². The van der Waals surface area contributed by atoms with Gasteiger partial charge in [-0.25, -0.2) is 42.2 Å². The van der Waals surface area contributed by atoms with Gasteiger partial charge in [0.2, 0.25) is 5.82 Å². The number of carbonyl (C=O) groups is 3. The van der Waals surface area contributed by atoms with Crippen LogP contribution in [-0.2, 0) is 13.1 Å². The van der Waals surface area contributed by atoms with Crippen molar-refractivity contribution in [2.75, 3.05) is 0 Å². The van der Waals surface area contributed by atoms with E-state index < -0.39 is 41.4 Å².